The number of pyridine rings is 1. The van der Waals surface area contributed by atoms with E-state index in [0.29, 0.717) is 0 Å². The molecule has 1 saturated heterocycles. The number of carbonyl (C=O) groups excluding carboxylic acids is 1. The molecule has 4 rings (SSSR count). The molecular weight excluding hydrogens is 376 g/mol. The van der Waals surface area contributed by atoms with E-state index >= 15 is 0 Å². The number of nitrogens with one attached hydrogen (secondary N) is 1. The molecule has 2 heterocycles. The summed E-state index contributed by atoms with van der Waals surface area (Å²) >= 11 is 0. The number of nitrogens with zero attached hydrogens (tertiary/aromatic N) is 3. The predicted molar refractivity (Wildman–Crippen MR) is 119 cm³/mol. The van der Waals surface area contributed by atoms with E-state index in [1.54, 1.807) is 0 Å². The zero-order chi connectivity index (χ0) is 20.8. The summed E-state index contributed by atoms with van der Waals surface area (Å²) in [6.45, 7) is 5.34. The molecule has 1 fully saturated rings. The maximum Gasteiger partial charge on any atom is 0.241 e. The molecule has 0 aliphatic carbocycles. The summed E-state index contributed by atoms with van der Waals surface area (Å²) < 4.78 is 5.80. The van der Waals surface area contributed by atoms with Crippen molar-refractivity contribution in [2.24, 2.45) is 0 Å². The third kappa shape index (κ3) is 4.96. The Hall–Kier alpha value is -3.38. The average Bonchev–Trinajstić information content (AvgIpc) is 2.81. The topological polar surface area (TPSA) is 57.7 Å². The van der Waals surface area contributed by atoms with Crippen molar-refractivity contribution in [2.75, 3.05) is 36.4 Å². The number of amides is 1. The van der Waals surface area contributed by atoms with Crippen LogP contribution in [0.3, 0.4) is 0 Å². The van der Waals surface area contributed by atoms with Crippen LogP contribution in [0, 0.1) is 0 Å². The molecular formula is C24H26N4O2. The van der Waals surface area contributed by atoms with Gasteiger partial charge in [-0.05, 0) is 55.5 Å². The summed E-state index contributed by atoms with van der Waals surface area (Å²) in [7, 11) is 0. The molecule has 0 radical (unpaired) electrons. The quantitative estimate of drug-likeness (QED) is 0.675. The molecule has 0 spiro atoms. The van der Waals surface area contributed by atoms with E-state index in [1.165, 1.54) is 0 Å². The van der Waals surface area contributed by atoms with E-state index in [1.807, 2.05) is 85.9 Å². The Labute approximate surface area is 177 Å². The Morgan fingerprint density at radius 3 is 2.23 bits per heavy atom. The molecule has 1 amide bonds. The lowest BCUT2D eigenvalue weighted by Crippen LogP contribution is -2.53. The first-order chi connectivity index (χ1) is 14.7. The van der Waals surface area contributed by atoms with Gasteiger partial charge in [0, 0.05) is 38.1 Å². The van der Waals surface area contributed by atoms with Crippen molar-refractivity contribution in [1.82, 2.24) is 9.88 Å². The first-order valence-corrected chi connectivity index (χ1v) is 10.2. The maximum absolute atomic E-state index is 12.7. The van der Waals surface area contributed by atoms with E-state index in [4.69, 9.17) is 4.74 Å². The minimum atomic E-state index is -0.198. The van der Waals surface area contributed by atoms with E-state index in [2.05, 4.69) is 20.1 Å². The molecule has 1 aromatic heterocycles. The van der Waals surface area contributed by atoms with Gasteiger partial charge in [0.1, 0.15) is 17.3 Å². The number of hydrogen-bond donors (Lipinski definition) is 1. The second-order valence-corrected chi connectivity index (χ2v) is 7.32. The molecule has 6 nitrogen and oxygen atoms in total. The third-order valence-electron chi connectivity index (χ3n) is 5.32. The van der Waals surface area contributed by atoms with Crippen LogP contribution in [0.5, 0.6) is 11.5 Å². The number of hydrogen-bond acceptors (Lipinski definition) is 5. The van der Waals surface area contributed by atoms with Gasteiger partial charge in [-0.3, -0.25) is 9.69 Å². The van der Waals surface area contributed by atoms with E-state index < -0.39 is 0 Å². The van der Waals surface area contributed by atoms with Gasteiger partial charge in [-0.1, -0.05) is 24.3 Å². The molecule has 1 atom stereocenters. The number of piperazine rings is 1. The molecule has 1 N–H and O–H groups in total. The van der Waals surface area contributed by atoms with Crippen molar-refractivity contribution in [1.29, 1.82) is 0 Å². The highest BCUT2D eigenvalue weighted by atomic mass is 16.5. The number of anilines is 2. The summed E-state index contributed by atoms with van der Waals surface area (Å²) in [6.07, 6.45) is 1.81. The molecule has 1 aliphatic rings. The zero-order valence-corrected chi connectivity index (χ0v) is 17.1. The van der Waals surface area contributed by atoms with Gasteiger partial charge in [0.25, 0.3) is 0 Å². The first-order valence-electron chi connectivity index (χ1n) is 10.2. The normalized spacial score (nSPS) is 15.4. The lowest BCUT2D eigenvalue weighted by molar-refractivity contribution is -0.120. The van der Waals surface area contributed by atoms with Gasteiger partial charge in [-0.2, -0.15) is 0 Å². The van der Waals surface area contributed by atoms with Crippen molar-refractivity contribution in [3.63, 3.8) is 0 Å². The zero-order valence-electron chi connectivity index (χ0n) is 17.1. The van der Waals surface area contributed by atoms with E-state index in [9.17, 15) is 4.79 Å². The number of aromatic nitrogens is 1. The van der Waals surface area contributed by atoms with Gasteiger partial charge < -0.3 is 15.0 Å². The van der Waals surface area contributed by atoms with Crippen molar-refractivity contribution >= 4 is 17.4 Å². The Balaban J connectivity index is 1.28. The van der Waals surface area contributed by atoms with Crippen LogP contribution in [0.15, 0.2) is 79.0 Å². The smallest absolute Gasteiger partial charge is 0.241 e. The largest absolute Gasteiger partial charge is 0.457 e. The number of benzene rings is 2. The number of carbonyl (C=O) groups is 1. The minimum absolute atomic E-state index is 0.00184. The lowest BCUT2D eigenvalue weighted by atomic mass is 10.2. The Morgan fingerprint density at radius 2 is 1.57 bits per heavy atom. The maximum atomic E-state index is 12.7. The molecule has 0 saturated carbocycles. The predicted octanol–water partition coefficient (Wildman–Crippen LogP) is 4.02. The SMILES string of the molecule is CC(C(=O)Nc1ccc(Oc2ccccc2)cc1)N1CCN(c2ccccn2)CC1. The number of ether oxygens (including phenoxy) is 1. The van der Waals surface area contributed by atoms with Crippen LogP contribution in [0.4, 0.5) is 11.5 Å². The summed E-state index contributed by atoms with van der Waals surface area (Å²) in [5.41, 5.74) is 0.763. The van der Waals surface area contributed by atoms with Crippen LogP contribution in [0.25, 0.3) is 0 Å². The standard InChI is InChI=1S/C24H26N4O2/c1-19(27-15-17-28(18-16-27)23-9-5-6-14-25-23)24(29)26-20-10-12-22(13-11-20)30-21-7-3-2-4-8-21/h2-14,19H,15-18H2,1H3,(H,26,29). The van der Waals surface area contributed by atoms with Gasteiger partial charge in [0.05, 0.1) is 6.04 Å². The summed E-state index contributed by atoms with van der Waals surface area (Å²) in [5, 5.41) is 3.01. The second kappa shape index (κ2) is 9.41. The van der Waals surface area contributed by atoms with Gasteiger partial charge in [0.2, 0.25) is 5.91 Å². The Kier molecular flexibility index (Phi) is 6.25. The lowest BCUT2D eigenvalue weighted by Gasteiger charge is -2.37. The molecule has 1 unspecified atom stereocenters. The van der Waals surface area contributed by atoms with Gasteiger partial charge in [-0.25, -0.2) is 4.98 Å². The Bertz CT molecular complexity index is 940. The molecule has 1 aliphatic heterocycles. The van der Waals surface area contributed by atoms with Crippen molar-refractivity contribution in [3.8, 4) is 11.5 Å². The number of para-hydroxylation sites is 1. The fourth-order valence-corrected chi connectivity index (χ4v) is 3.52. The molecule has 6 heteroatoms. The van der Waals surface area contributed by atoms with Crippen LogP contribution in [0.1, 0.15) is 6.92 Å². The van der Waals surface area contributed by atoms with Crippen LogP contribution in [-0.4, -0.2) is 48.0 Å². The second-order valence-electron chi connectivity index (χ2n) is 7.32. The Morgan fingerprint density at radius 1 is 0.900 bits per heavy atom. The van der Waals surface area contributed by atoms with E-state index in [0.717, 1.165) is 49.2 Å². The summed E-state index contributed by atoms with van der Waals surface area (Å²) in [5.74, 6) is 2.51. The van der Waals surface area contributed by atoms with Crippen LogP contribution < -0.4 is 15.0 Å². The van der Waals surface area contributed by atoms with Gasteiger partial charge in [-0.15, -0.1) is 0 Å². The van der Waals surface area contributed by atoms with Crippen molar-refractivity contribution < 1.29 is 9.53 Å². The van der Waals surface area contributed by atoms with Crippen molar-refractivity contribution in [3.05, 3.63) is 79.0 Å². The average molecular weight is 402 g/mol. The first kappa shape index (κ1) is 19.9. The van der Waals surface area contributed by atoms with Crippen LogP contribution in [0.2, 0.25) is 0 Å². The molecule has 3 aromatic rings. The summed E-state index contributed by atoms with van der Waals surface area (Å²) in [4.78, 5) is 21.6. The highest BCUT2D eigenvalue weighted by Gasteiger charge is 2.26. The fourth-order valence-electron chi connectivity index (χ4n) is 3.52. The molecule has 0 bridgehead atoms. The van der Waals surface area contributed by atoms with Gasteiger partial charge >= 0.3 is 0 Å². The van der Waals surface area contributed by atoms with Crippen molar-refractivity contribution in [2.45, 2.75) is 13.0 Å². The highest BCUT2D eigenvalue weighted by molar-refractivity contribution is 5.94. The third-order valence-corrected chi connectivity index (χ3v) is 5.32. The monoisotopic (exact) mass is 402 g/mol. The highest BCUT2D eigenvalue weighted by Crippen LogP contribution is 2.23. The molecule has 2 aromatic carbocycles. The van der Waals surface area contributed by atoms with Crippen LogP contribution in [-0.2, 0) is 4.79 Å². The number of rotatable bonds is 6. The van der Waals surface area contributed by atoms with Gasteiger partial charge in [0.15, 0.2) is 0 Å². The van der Waals surface area contributed by atoms with Crippen LogP contribution >= 0.6 is 0 Å². The summed E-state index contributed by atoms with van der Waals surface area (Å²) in [6, 6.07) is 22.8. The molecule has 30 heavy (non-hydrogen) atoms. The van der Waals surface area contributed by atoms with E-state index in [-0.39, 0.29) is 11.9 Å². The molecule has 154 valence electrons. The minimum Gasteiger partial charge on any atom is -0.457 e. The fraction of sp³-hybridized carbons (Fsp3) is 0.250.